The van der Waals surface area contributed by atoms with E-state index >= 15 is 0 Å². The highest BCUT2D eigenvalue weighted by Crippen LogP contribution is 2.25. The summed E-state index contributed by atoms with van der Waals surface area (Å²) in [6, 6.07) is 6.84. The summed E-state index contributed by atoms with van der Waals surface area (Å²) in [7, 11) is 0. The van der Waals surface area contributed by atoms with Gasteiger partial charge in [0.2, 0.25) is 5.91 Å². The monoisotopic (exact) mass is 555 g/mol. The number of carboxylic acids is 1. The third-order valence-corrected chi connectivity index (χ3v) is 6.40. The average Bonchev–Trinajstić information content (AvgIpc) is 3.36. The highest BCUT2D eigenvalue weighted by molar-refractivity contribution is 8.00. The molecule has 2 aromatic carbocycles. The van der Waals surface area contributed by atoms with Gasteiger partial charge < -0.3 is 25.8 Å². The number of nitrogens with zero attached hydrogens (tertiary/aromatic N) is 1. The van der Waals surface area contributed by atoms with Crippen molar-refractivity contribution in [3.63, 3.8) is 0 Å². The Morgan fingerprint density at radius 3 is 2.39 bits per heavy atom. The lowest BCUT2D eigenvalue weighted by atomic mass is 10.0. The van der Waals surface area contributed by atoms with Crippen LogP contribution in [-0.4, -0.2) is 58.1 Å². The molecule has 12 heteroatoms. The molecule has 38 heavy (non-hydrogen) atoms. The average molecular weight is 556 g/mol. The number of amides is 2. The van der Waals surface area contributed by atoms with Crippen molar-refractivity contribution in [1.29, 1.82) is 0 Å². The second-order valence-corrected chi connectivity index (χ2v) is 9.78. The summed E-state index contributed by atoms with van der Waals surface area (Å²) in [5, 5.41) is 10.6. The molecule has 1 heterocycles. The summed E-state index contributed by atoms with van der Waals surface area (Å²) < 4.78 is 45.4. The van der Waals surface area contributed by atoms with E-state index in [4.69, 9.17) is 15.6 Å². The van der Waals surface area contributed by atoms with Gasteiger partial charge in [-0.3, -0.25) is 9.59 Å². The minimum atomic E-state index is -1.30. The molecule has 0 bridgehead atoms. The Morgan fingerprint density at radius 2 is 1.76 bits per heavy atom. The molecule has 0 aliphatic carbocycles. The molecule has 1 aliphatic heterocycles. The highest BCUT2D eigenvalue weighted by atomic mass is 32.2. The molecule has 0 aromatic heterocycles. The number of ether oxygens (including phenoxy) is 1. The Balaban J connectivity index is 0.00000161. The maximum atomic E-state index is 13.9. The molecule has 2 atom stereocenters. The molecule has 8 nitrogen and oxygen atoms in total. The van der Waals surface area contributed by atoms with E-state index in [-0.39, 0.29) is 30.9 Å². The van der Waals surface area contributed by atoms with Crippen molar-refractivity contribution in [1.82, 2.24) is 10.2 Å². The van der Waals surface area contributed by atoms with Crippen LogP contribution in [0.3, 0.4) is 0 Å². The normalized spacial score (nSPS) is 15.3. The molecule has 1 fully saturated rings. The summed E-state index contributed by atoms with van der Waals surface area (Å²) in [5.74, 6) is -4.37. The number of hydrogen-bond acceptors (Lipinski definition) is 6. The molecule has 2 amide bonds. The number of hydrogen-bond donors (Lipinski definition) is 3. The van der Waals surface area contributed by atoms with E-state index in [0.29, 0.717) is 24.1 Å². The van der Waals surface area contributed by atoms with E-state index in [2.05, 4.69) is 19.2 Å². The predicted molar refractivity (Wildman–Crippen MR) is 138 cm³/mol. The fourth-order valence-corrected chi connectivity index (χ4v) is 4.65. The number of halogens is 3. The van der Waals surface area contributed by atoms with Gasteiger partial charge in [0.05, 0.1) is 0 Å². The first-order valence-electron chi connectivity index (χ1n) is 12.1. The largest absolute Gasteiger partial charge is 0.482 e. The number of nitrogens with two attached hydrogens (primary N) is 1. The lowest BCUT2D eigenvalue weighted by molar-refractivity contribution is -0.139. The third kappa shape index (κ3) is 9.56. The zero-order valence-corrected chi connectivity index (χ0v) is 22.0. The zero-order valence-electron chi connectivity index (χ0n) is 21.2. The Morgan fingerprint density at radius 1 is 1.13 bits per heavy atom. The van der Waals surface area contributed by atoms with Crippen LogP contribution >= 0.6 is 11.8 Å². The van der Waals surface area contributed by atoms with Crippen LogP contribution in [0.1, 0.15) is 37.8 Å². The van der Waals surface area contributed by atoms with Crippen LogP contribution in [0.2, 0.25) is 0 Å². The van der Waals surface area contributed by atoms with Crippen LogP contribution in [0, 0.1) is 17.5 Å². The first-order valence-corrected chi connectivity index (χ1v) is 13.1. The third-order valence-electron chi connectivity index (χ3n) is 5.20. The van der Waals surface area contributed by atoms with E-state index in [1.165, 1.54) is 23.1 Å². The Labute approximate surface area is 223 Å². The molecule has 1 unspecified atom stereocenters. The van der Waals surface area contributed by atoms with Crippen molar-refractivity contribution in [3.8, 4) is 5.75 Å². The SMILES string of the molecule is CCC.N[C@@H](CC(=O)N1CCSC1C(=O)NCc1ccc(OCC(=O)O)cc1)Cc1cc(F)c(F)cc1F. The summed E-state index contributed by atoms with van der Waals surface area (Å²) in [5.41, 5.74) is 6.57. The van der Waals surface area contributed by atoms with Crippen molar-refractivity contribution in [2.45, 2.75) is 51.1 Å². The van der Waals surface area contributed by atoms with Crippen molar-refractivity contribution in [2.75, 3.05) is 18.9 Å². The van der Waals surface area contributed by atoms with Gasteiger partial charge in [-0.15, -0.1) is 11.8 Å². The number of thioether (sulfide) groups is 1. The number of carbonyl (C=O) groups excluding carboxylic acids is 2. The smallest absolute Gasteiger partial charge is 0.341 e. The molecule has 1 saturated heterocycles. The van der Waals surface area contributed by atoms with Gasteiger partial charge in [0.15, 0.2) is 23.6 Å². The highest BCUT2D eigenvalue weighted by Gasteiger charge is 2.35. The summed E-state index contributed by atoms with van der Waals surface area (Å²) >= 11 is 1.30. The topological polar surface area (TPSA) is 122 Å². The number of rotatable bonds is 10. The van der Waals surface area contributed by atoms with Gasteiger partial charge in [-0.2, -0.15) is 0 Å². The van der Waals surface area contributed by atoms with Gasteiger partial charge in [-0.25, -0.2) is 18.0 Å². The Hall–Kier alpha value is -3.25. The van der Waals surface area contributed by atoms with E-state index < -0.39 is 47.4 Å². The number of nitrogens with one attached hydrogen (secondary N) is 1. The van der Waals surface area contributed by atoms with Crippen LogP contribution in [0.4, 0.5) is 13.2 Å². The van der Waals surface area contributed by atoms with E-state index in [1.807, 2.05) is 0 Å². The van der Waals surface area contributed by atoms with Gasteiger partial charge in [-0.05, 0) is 35.7 Å². The van der Waals surface area contributed by atoms with Crippen LogP contribution in [-0.2, 0) is 27.3 Å². The molecule has 2 aromatic rings. The van der Waals surface area contributed by atoms with Crippen molar-refractivity contribution < 1.29 is 37.4 Å². The standard InChI is InChI=1S/C23H24F3N3O5S.C3H8/c24-17-10-19(26)18(25)8-14(17)7-15(27)9-20(30)29-5-6-35-23(29)22(33)28-11-13-1-3-16(4-2-13)34-12-21(31)32;1-3-2/h1-4,8,10,15,23H,5-7,9,11-12,27H2,(H,28,33)(H,31,32);3H2,1-2H3/t15-,23?;/m1./s1. The zero-order chi connectivity index (χ0) is 28.2. The lowest BCUT2D eigenvalue weighted by Crippen LogP contribution is -2.46. The van der Waals surface area contributed by atoms with Gasteiger partial charge in [0.1, 0.15) is 11.6 Å². The Bertz CT molecular complexity index is 1100. The molecule has 0 saturated carbocycles. The fraction of sp³-hybridized carbons (Fsp3) is 0.423. The van der Waals surface area contributed by atoms with E-state index in [1.54, 1.807) is 24.3 Å². The number of carboxylic acid groups (broad SMARTS) is 1. The quantitative estimate of drug-likeness (QED) is 0.384. The summed E-state index contributed by atoms with van der Waals surface area (Å²) in [6.45, 7) is 4.31. The maximum Gasteiger partial charge on any atom is 0.341 e. The minimum Gasteiger partial charge on any atom is -0.482 e. The molecule has 1 aliphatic rings. The second-order valence-electron chi connectivity index (χ2n) is 8.59. The van der Waals surface area contributed by atoms with Crippen LogP contribution in [0.25, 0.3) is 0 Å². The first kappa shape index (κ1) is 31.0. The van der Waals surface area contributed by atoms with E-state index in [9.17, 15) is 27.6 Å². The molecular weight excluding hydrogens is 523 g/mol. The first-order chi connectivity index (χ1) is 18.0. The van der Waals surface area contributed by atoms with E-state index in [0.717, 1.165) is 11.6 Å². The van der Waals surface area contributed by atoms with Crippen molar-refractivity contribution in [3.05, 3.63) is 65.0 Å². The molecular formula is C26H32F3N3O5S. The molecule has 4 N–H and O–H groups in total. The fourth-order valence-electron chi connectivity index (χ4n) is 3.48. The number of aliphatic carboxylic acids is 1. The molecule has 208 valence electrons. The van der Waals surface area contributed by atoms with Gasteiger partial charge in [0.25, 0.3) is 5.91 Å². The molecule has 0 radical (unpaired) electrons. The summed E-state index contributed by atoms with van der Waals surface area (Å²) in [4.78, 5) is 37.4. The maximum absolute atomic E-state index is 13.9. The molecule has 0 spiro atoms. The van der Waals surface area contributed by atoms with Gasteiger partial charge in [-0.1, -0.05) is 32.4 Å². The van der Waals surface area contributed by atoms with Crippen LogP contribution in [0.5, 0.6) is 5.75 Å². The van der Waals surface area contributed by atoms with Gasteiger partial charge in [0, 0.05) is 37.4 Å². The number of carbonyl (C=O) groups is 3. The Kier molecular flexibility index (Phi) is 12.4. The second kappa shape index (κ2) is 15.2. The van der Waals surface area contributed by atoms with Crippen molar-refractivity contribution >= 4 is 29.5 Å². The van der Waals surface area contributed by atoms with Crippen LogP contribution in [0.15, 0.2) is 36.4 Å². The minimum absolute atomic E-state index is 0.131. The van der Waals surface area contributed by atoms with Crippen molar-refractivity contribution in [2.24, 2.45) is 5.73 Å². The van der Waals surface area contributed by atoms with Crippen LogP contribution < -0.4 is 15.8 Å². The molecule has 3 rings (SSSR count). The number of benzene rings is 2. The predicted octanol–water partition coefficient (Wildman–Crippen LogP) is 3.46. The van der Waals surface area contributed by atoms with Gasteiger partial charge >= 0.3 is 5.97 Å². The summed E-state index contributed by atoms with van der Waals surface area (Å²) in [6.07, 6.45) is 0.888. The lowest BCUT2D eigenvalue weighted by Gasteiger charge is -2.24.